The normalized spacial score (nSPS) is 21.8. The molecule has 0 amide bonds. The van der Waals surface area contributed by atoms with Crippen LogP contribution in [0, 0.1) is 19.8 Å². The van der Waals surface area contributed by atoms with Gasteiger partial charge in [0, 0.05) is 19.1 Å². The summed E-state index contributed by atoms with van der Waals surface area (Å²) in [5.41, 5.74) is 4.22. The van der Waals surface area contributed by atoms with E-state index in [1.165, 1.54) is 36.2 Å². The number of aryl methyl sites for hydroxylation is 2. The summed E-state index contributed by atoms with van der Waals surface area (Å²) < 4.78 is 0. The minimum atomic E-state index is 0.467. The molecule has 1 saturated heterocycles. The van der Waals surface area contributed by atoms with E-state index in [0.29, 0.717) is 6.04 Å². The molecular weight excluding hydrogens is 232 g/mol. The van der Waals surface area contributed by atoms with Gasteiger partial charge in [0.2, 0.25) is 0 Å². The third-order valence-electron chi connectivity index (χ3n) is 4.33. The molecule has 1 aromatic carbocycles. The molecule has 0 saturated carbocycles. The van der Waals surface area contributed by atoms with Gasteiger partial charge in [0.15, 0.2) is 0 Å². The lowest BCUT2D eigenvalue weighted by Gasteiger charge is -2.25. The van der Waals surface area contributed by atoms with Gasteiger partial charge in [-0.1, -0.05) is 32.0 Å². The van der Waals surface area contributed by atoms with Gasteiger partial charge in [0.1, 0.15) is 0 Å². The maximum atomic E-state index is 3.65. The van der Waals surface area contributed by atoms with Gasteiger partial charge < -0.3 is 10.2 Å². The van der Waals surface area contributed by atoms with Gasteiger partial charge >= 0.3 is 0 Å². The second kappa shape index (κ2) is 6.53. The Kier molecular flexibility index (Phi) is 5.00. The number of nitrogens with one attached hydrogen (secondary N) is 1. The predicted molar refractivity (Wildman–Crippen MR) is 82.6 cm³/mol. The summed E-state index contributed by atoms with van der Waals surface area (Å²) in [6.07, 6.45) is 1.35. The molecule has 0 aromatic heterocycles. The number of rotatable bonds is 5. The summed E-state index contributed by atoms with van der Waals surface area (Å²) in [6, 6.07) is 7.36. The summed E-state index contributed by atoms with van der Waals surface area (Å²) in [4.78, 5) is 2.60. The molecule has 2 atom stereocenters. The van der Waals surface area contributed by atoms with Crippen LogP contribution in [0.2, 0.25) is 0 Å². The zero-order chi connectivity index (χ0) is 13.8. The maximum Gasteiger partial charge on any atom is 0.0449 e. The van der Waals surface area contributed by atoms with Crippen molar-refractivity contribution in [2.45, 2.75) is 40.2 Å². The Morgan fingerprint density at radius 3 is 2.68 bits per heavy atom. The van der Waals surface area contributed by atoms with Gasteiger partial charge in [0.05, 0.1) is 0 Å². The van der Waals surface area contributed by atoms with Crippen molar-refractivity contribution < 1.29 is 0 Å². The van der Waals surface area contributed by atoms with Crippen molar-refractivity contribution in [3.8, 4) is 0 Å². The minimum absolute atomic E-state index is 0.467. The highest BCUT2D eigenvalue weighted by Gasteiger charge is 2.22. The van der Waals surface area contributed by atoms with Crippen LogP contribution in [0.4, 0.5) is 0 Å². The van der Waals surface area contributed by atoms with Crippen LogP contribution in [0.5, 0.6) is 0 Å². The van der Waals surface area contributed by atoms with Crippen molar-refractivity contribution in [3.05, 3.63) is 34.9 Å². The zero-order valence-electron chi connectivity index (χ0n) is 12.9. The first-order chi connectivity index (χ1) is 9.10. The third kappa shape index (κ3) is 3.80. The lowest BCUT2D eigenvalue weighted by atomic mass is 10.0. The number of nitrogens with zero attached hydrogens (tertiary/aromatic N) is 1. The zero-order valence-corrected chi connectivity index (χ0v) is 12.9. The van der Waals surface area contributed by atoms with E-state index < -0.39 is 0 Å². The van der Waals surface area contributed by atoms with Crippen molar-refractivity contribution in [2.75, 3.05) is 26.2 Å². The molecule has 2 nitrogen and oxygen atoms in total. The van der Waals surface area contributed by atoms with Gasteiger partial charge in [-0.3, -0.25) is 0 Å². The monoisotopic (exact) mass is 260 g/mol. The molecule has 0 radical (unpaired) electrons. The van der Waals surface area contributed by atoms with E-state index in [0.717, 1.165) is 19.0 Å². The Bertz CT molecular complexity index is 414. The smallest absolute Gasteiger partial charge is 0.0449 e. The number of likely N-dealkylation sites (N-methyl/N-ethyl adjacent to an activating group) is 1. The van der Waals surface area contributed by atoms with Gasteiger partial charge in [-0.05, 0) is 56.0 Å². The van der Waals surface area contributed by atoms with Gasteiger partial charge in [-0.2, -0.15) is 0 Å². The largest absolute Gasteiger partial charge is 0.309 e. The molecule has 1 aromatic rings. The molecule has 2 heteroatoms. The van der Waals surface area contributed by atoms with Crippen LogP contribution in [-0.2, 0) is 0 Å². The summed E-state index contributed by atoms with van der Waals surface area (Å²) in [5, 5.41) is 3.65. The lowest BCUT2D eigenvalue weighted by molar-refractivity contribution is 0.286. The SMILES string of the molecule is CCNC(CN1CCC(C)C1)c1ccc(C)c(C)c1. The van der Waals surface area contributed by atoms with Crippen molar-refractivity contribution in [3.63, 3.8) is 0 Å². The van der Waals surface area contributed by atoms with Crippen molar-refractivity contribution in [1.82, 2.24) is 10.2 Å². The van der Waals surface area contributed by atoms with E-state index in [2.05, 4.69) is 56.1 Å². The fraction of sp³-hybridized carbons (Fsp3) is 0.647. The first-order valence-electron chi connectivity index (χ1n) is 7.63. The Hall–Kier alpha value is -0.860. The first-order valence-corrected chi connectivity index (χ1v) is 7.63. The number of hydrogen-bond donors (Lipinski definition) is 1. The summed E-state index contributed by atoms with van der Waals surface area (Å²) in [7, 11) is 0. The molecule has 1 N–H and O–H groups in total. The van der Waals surface area contributed by atoms with E-state index in [9.17, 15) is 0 Å². The van der Waals surface area contributed by atoms with Gasteiger partial charge in [-0.15, -0.1) is 0 Å². The second-order valence-electron chi connectivity index (χ2n) is 6.11. The van der Waals surface area contributed by atoms with Gasteiger partial charge in [0.25, 0.3) is 0 Å². The minimum Gasteiger partial charge on any atom is -0.309 e. The summed E-state index contributed by atoms with van der Waals surface area (Å²) in [5.74, 6) is 0.863. The Morgan fingerprint density at radius 2 is 2.11 bits per heavy atom. The number of likely N-dealkylation sites (tertiary alicyclic amines) is 1. The highest BCUT2D eigenvalue weighted by Crippen LogP contribution is 2.22. The Balaban J connectivity index is 2.08. The van der Waals surface area contributed by atoms with Crippen LogP contribution < -0.4 is 5.32 Å². The van der Waals surface area contributed by atoms with Crippen LogP contribution in [-0.4, -0.2) is 31.1 Å². The predicted octanol–water partition coefficient (Wildman–Crippen LogP) is 3.30. The molecule has 19 heavy (non-hydrogen) atoms. The quantitative estimate of drug-likeness (QED) is 0.874. The Labute approximate surface area is 118 Å². The van der Waals surface area contributed by atoms with Crippen LogP contribution in [0.25, 0.3) is 0 Å². The number of benzene rings is 1. The van der Waals surface area contributed by atoms with E-state index in [-0.39, 0.29) is 0 Å². The average molecular weight is 260 g/mol. The molecule has 1 aliphatic rings. The first kappa shape index (κ1) is 14.5. The lowest BCUT2D eigenvalue weighted by Crippen LogP contribution is -2.34. The Morgan fingerprint density at radius 1 is 1.32 bits per heavy atom. The molecule has 2 unspecified atom stereocenters. The van der Waals surface area contributed by atoms with Crippen molar-refractivity contribution >= 4 is 0 Å². The molecule has 0 bridgehead atoms. The van der Waals surface area contributed by atoms with Crippen molar-refractivity contribution in [2.24, 2.45) is 5.92 Å². The highest BCUT2D eigenvalue weighted by atomic mass is 15.2. The van der Waals surface area contributed by atoms with Crippen LogP contribution in [0.1, 0.15) is 43.0 Å². The summed E-state index contributed by atoms with van der Waals surface area (Å²) in [6.45, 7) is 13.6. The second-order valence-corrected chi connectivity index (χ2v) is 6.11. The third-order valence-corrected chi connectivity index (χ3v) is 4.33. The topological polar surface area (TPSA) is 15.3 Å². The number of hydrogen-bond acceptors (Lipinski definition) is 2. The molecule has 0 spiro atoms. The van der Waals surface area contributed by atoms with Crippen LogP contribution >= 0.6 is 0 Å². The van der Waals surface area contributed by atoms with E-state index in [1.54, 1.807) is 0 Å². The highest BCUT2D eigenvalue weighted by molar-refractivity contribution is 5.32. The molecule has 2 rings (SSSR count). The van der Waals surface area contributed by atoms with E-state index >= 15 is 0 Å². The summed E-state index contributed by atoms with van der Waals surface area (Å²) >= 11 is 0. The average Bonchev–Trinajstić information content (AvgIpc) is 2.78. The molecule has 1 heterocycles. The van der Waals surface area contributed by atoms with Crippen LogP contribution in [0.15, 0.2) is 18.2 Å². The van der Waals surface area contributed by atoms with E-state index in [1.807, 2.05) is 0 Å². The molecule has 1 aliphatic heterocycles. The van der Waals surface area contributed by atoms with Crippen molar-refractivity contribution in [1.29, 1.82) is 0 Å². The fourth-order valence-electron chi connectivity index (χ4n) is 2.97. The standard InChI is InChI=1S/C17H28N2/c1-5-18-17(12-19-9-8-13(2)11-19)16-7-6-14(3)15(4)10-16/h6-7,10,13,17-18H,5,8-9,11-12H2,1-4H3. The molecular formula is C17H28N2. The molecule has 106 valence electrons. The van der Waals surface area contributed by atoms with Gasteiger partial charge in [-0.25, -0.2) is 0 Å². The maximum absolute atomic E-state index is 3.65. The molecule has 1 fully saturated rings. The van der Waals surface area contributed by atoms with Crippen LogP contribution in [0.3, 0.4) is 0 Å². The fourth-order valence-corrected chi connectivity index (χ4v) is 2.97. The van der Waals surface area contributed by atoms with E-state index in [4.69, 9.17) is 0 Å². The molecule has 0 aliphatic carbocycles.